The first-order valence-corrected chi connectivity index (χ1v) is 5.59. The topological polar surface area (TPSA) is 61.4 Å². The van der Waals surface area contributed by atoms with Crippen molar-refractivity contribution < 1.29 is 9.59 Å². The number of amides is 3. The highest BCUT2D eigenvalue weighted by molar-refractivity contribution is 5.94. The molecule has 0 radical (unpaired) electrons. The van der Waals surface area contributed by atoms with Crippen LogP contribution in [0.15, 0.2) is 18.2 Å². The first-order chi connectivity index (χ1) is 8.24. The Balaban J connectivity index is 2.34. The van der Waals surface area contributed by atoms with E-state index in [1.807, 2.05) is 25.1 Å². The van der Waals surface area contributed by atoms with Crippen LogP contribution < -0.4 is 15.5 Å². The molecule has 1 fully saturated rings. The minimum atomic E-state index is -0.0809. The lowest BCUT2D eigenvalue weighted by atomic mass is 10.1. The zero-order chi connectivity index (χ0) is 12.3. The number of rotatable bonds is 3. The molecule has 5 heteroatoms. The molecule has 1 aliphatic rings. The van der Waals surface area contributed by atoms with E-state index in [-0.39, 0.29) is 6.03 Å². The second-order valence-electron chi connectivity index (χ2n) is 3.95. The molecule has 1 aliphatic heterocycles. The highest BCUT2D eigenvalue weighted by atomic mass is 16.2. The van der Waals surface area contributed by atoms with Gasteiger partial charge in [-0.1, -0.05) is 6.07 Å². The third-order valence-electron chi connectivity index (χ3n) is 2.89. The molecular weight excluding hydrogens is 218 g/mol. The quantitative estimate of drug-likeness (QED) is 0.777. The van der Waals surface area contributed by atoms with E-state index in [0.29, 0.717) is 13.0 Å². The van der Waals surface area contributed by atoms with Crippen LogP contribution in [0.2, 0.25) is 0 Å². The summed E-state index contributed by atoms with van der Waals surface area (Å²) in [6, 6.07) is 5.45. The Morgan fingerprint density at radius 2 is 2.29 bits per heavy atom. The minimum absolute atomic E-state index is 0.0809. The average Bonchev–Trinajstić information content (AvgIpc) is 2.33. The third kappa shape index (κ3) is 2.22. The molecule has 1 saturated heterocycles. The van der Waals surface area contributed by atoms with Crippen molar-refractivity contribution in [1.29, 1.82) is 0 Å². The van der Waals surface area contributed by atoms with Crippen molar-refractivity contribution in [2.75, 3.05) is 23.3 Å². The lowest BCUT2D eigenvalue weighted by molar-refractivity contribution is -0.105. The summed E-state index contributed by atoms with van der Waals surface area (Å²) in [6.45, 7) is 3.32. The van der Waals surface area contributed by atoms with Gasteiger partial charge < -0.3 is 10.6 Å². The number of carbonyl (C=O) groups excluding carboxylic acids is 2. The molecule has 2 rings (SSSR count). The van der Waals surface area contributed by atoms with Gasteiger partial charge in [0.15, 0.2) is 0 Å². The van der Waals surface area contributed by atoms with E-state index >= 15 is 0 Å². The summed E-state index contributed by atoms with van der Waals surface area (Å²) in [6.07, 6.45) is 1.57. The third-order valence-corrected chi connectivity index (χ3v) is 2.89. The molecule has 0 atom stereocenters. The Kier molecular flexibility index (Phi) is 3.27. The maximum Gasteiger partial charge on any atom is 0.321 e. The summed E-state index contributed by atoms with van der Waals surface area (Å²) in [5.41, 5.74) is 2.47. The molecule has 0 spiro atoms. The number of anilines is 2. The molecule has 0 saturated carbocycles. The van der Waals surface area contributed by atoms with Crippen molar-refractivity contribution in [1.82, 2.24) is 5.32 Å². The highest BCUT2D eigenvalue weighted by Crippen LogP contribution is 2.27. The summed E-state index contributed by atoms with van der Waals surface area (Å²) in [7, 11) is 0. The summed E-state index contributed by atoms with van der Waals surface area (Å²) >= 11 is 0. The van der Waals surface area contributed by atoms with Crippen LogP contribution in [0.1, 0.15) is 12.0 Å². The first-order valence-electron chi connectivity index (χ1n) is 5.59. The normalized spacial score (nSPS) is 15.4. The Hall–Kier alpha value is -2.04. The van der Waals surface area contributed by atoms with Crippen LogP contribution in [0.3, 0.4) is 0 Å². The van der Waals surface area contributed by atoms with E-state index in [1.54, 1.807) is 4.90 Å². The molecule has 1 heterocycles. The number of nitrogens with zero attached hydrogens (tertiary/aromatic N) is 1. The van der Waals surface area contributed by atoms with Crippen molar-refractivity contribution in [2.45, 2.75) is 13.3 Å². The van der Waals surface area contributed by atoms with Crippen LogP contribution in [0.25, 0.3) is 0 Å². The van der Waals surface area contributed by atoms with Gasteiger partial charge in [-0.25, -0.2) is 4.79 Å². The molecule has 17 heavy (non-hydrogen) atoms. The molecule has 0 aromatic heterocycles. The van der Waals surface area contributed by atoms with Gasteiger partial charge in [0.2, 0.25) is 6.41 Å². The number of nitrogens with one attached hydrogen (secondary N) is 2. The summed E-state index contributed by atoms with van der Waals surface area (Å²) in [5.74, 6) is 0. The fourth-order valence-electron chi connectivity index (χ4n) is 2.00. The molecule has 1 aromatic rings. The predicted octanol–water partition coefficient (Wildman–Crippen LogP) is 1.48. The largest absolute Gasteiger partial charge is 0.338 e. The summed E-state index contributed by atoms with van der Waals surface area (Å²) in [5, 5.41) is 5.44. The lowest BCUT2D eigenvalue weighted by Crippen LogP contribution is -2.46. The fraction of sp³-hybridized carbons (Fsp3) is 0.333. The Labute approximate surface area is 99.8 Å². The van der Waals surface area contributed by atoms with Crippen molar-refractivity contribution in [2.24, 2.45) is 0 Å². The van der Waals surface area contributed by atoms with Crippen molar-refractivity contribution in [3.8, 4) is 0 Å². The first kappa shape index (κ1) is 11.4. The van der Waals surface area contributed by atoms with E-state index in [1.165, 1.54) is 0 Å². The van der Waals surface area contributed by atoms with Crippen LogP contribution in [0, 0.1) is 6.92 Å². The number of carbonyl (C=O) groups is 2. The SMILES string of the molecule is Cc1c(NC=O)cccc1N1CCCNC1=O. The Morgan fingerprint density at radius 1 is 1.47 bits per heavy atom. The Bertz CT molecular complexity index is 445. The van der Waals surface area contributed by atoms with Gasteiger partial charge in [-0.3, -0.25) is 9.69 Å². The zero-order valence-corrected chi connectivity index (χ0v) is 9.69. The fourth-order valence-corrected chi connectivity index (χ4v) is 2.00. The molecule has 5 nitrogen and oxygen atoms in total. The van der Waals surface area contributed by atoms with Crippen LogP contribution in [-0.2, 0) is 4.79 Å². The second-order valence-corrected chi connectivity index (χ2v) is 3.95. The summed E-state index contributed by atoms with van der Waals surface area (Å²) < 4.78 is 0. The van der Waals surface area contributed by atoms with E-state index in [2.05, 4.69) is 10.6 Å². The van der Waals surface area contributed by atoms with E-state index in [4.69, 9.17) is 0 Å². The standard InChI is InChI=1S/C12H15N3O2/c1-9-10(14-8-16)4-2-5-11(9)15-7-3-6-13-12(15)17/h2,4-5,8H,3,6-7H2,1H3,(H,13,17)(H,14,16). The monoisotopic (exact) mass is 233 g/mol. The van der Waals surface area contributed by atoms with Gasteiger partial charge in [-0.05, 0) is 31.0 Å². The number of hydrogen-bond acceptors (Lipinski definition) is 2. The summed E-state index contributed by atoms with van der Waals surface area (Å²) in [4.78, 5) is 23.9. The molecule has 1 aromatic carbocycles. The predicted molar refractivity (Wildman–Crippen MR) is 66.2 cm³/mol. The zero-order valence-electron chi connectivity index (χ0n) is 9.69. The molecular formula is C12H15N3O2. The van der Waals surface area contributed by atoms with Gasteiger partial charge in [-0.15, -0.1) is 0 Å². The van der Waals surface area contributed by atoms with Crippen molar-refractivity contribution in [3.63, 3.8) is 0 Å². The van der Waals surface area contributed by atoms with Gasteiger partial charge in [0.05, 0.1) is 5.69 Å². The van der Waals surface area contributed by atoms with E-state index in [9.17, 15) is 9.59 Å². The number of urea groups is 1. The van der Waals surface area contributed by atoms with E-state index in [0.717, 1.165) is 29.9 Å². The average molecular weight is 233 g/mol. The minimum Gasteiger partial charge on any atom is -0.338 e. The van der Waals surface area contributed by atoms with Crippen molar-refractivity contribution in [3.05, 3.63) is 23.8 Å². The van der Waals surface area contributed by atoms with Gasteiger partial charge in [-0.2, -0.15) is 0 Å². The van der Waals surface area contributed by atoms with Gasteiger partial charge >= 0.3 is 6.03 Å². The van der Waals surface area contributed by atoms with Crippen molar-refractivity contribution >= 4 is 23.8 Å². The van der Waals surface area contributed by atoms with Crippen LogP contribution >= 0.6 is 0 Å². The number of hydrogen-bond donors (Lipinski definition) is 2. The van der Waals surface area contributed by atoms with Crippen LogP contribution in [0.5, 0.6) is 0 Å². The van der Waals surface area contributed by atoms with E-state index < -0.39 is 0 Å². The molecule has 3 amide bonds. The van der Waals surface area contributed by atoms with Crippen LogP contribution in [0.4, 0.5) is 16.2 Å². The maximum atomic E-state index is 11.7. The Morgan fingerprint density at radius 3 is 3.00 bits per heavy atom. The smallest absolute Gasteiger partial charge is 0.321 e. The highest BCUT2D eigenvalue weighted by Gasteiger charge is 2.21. The van der Waals surface area contributed by atoms with Gasteiger partial charge in [0, 0.05) is 18.8 Å². The van der Waals surface area contributed by atoms with Gasteiger partial charge in [0.25, 0.3) is 0 Å². The molecule has 0 bridgehead atoms. The maximum absolute atomic E-state index is 11.7. The molecule has 90 valence electrons. The molecule has 0 unspecified atom stereocenters. The molecule has 2 N–H and O–H groups in total. The van der Waals surface area contributed by atoms with Gasteiger partial charge in [0.1, 0.15) is 0 Å². The van der Waals surface area contributed by atoms with Crippen LogP contribution in [-0.4, -0.2) is 25.5 Å². The lowest BCUT2D eigenvalue weighted by Gasteiger charge is -2.29. The second kappa shape index (κ2) is 4.86. The molecule has 0 aliphatic carbocycles. The number of benzene rings is 1.